The van der Waals surface area contributed by atoms with Gasteiger partial charge in [-0.15, -0.1) is 0 Å². The fraction of sp³-hybridized carbons (Fsp3) is 0.596. The van der Waals surface area contributed by atoms with Gasteiger partial charge in [0.25, 0.3) is 0 Å². The fourth-order valence-corrected chi connectivity index (χ4v) is 13.8. The molecule has 0 aliphatic heterocycles. The van der Waals surface area contributed by atoms with E-state index in [-0.39, 0.29) is 72.1 Å². The van der Waals surface area contributed by atoms with Gasteiger partial charge in [0.15, 0.2) is 0 Å². The van der Waals surface area contributed by atoms with E-state index in [1.165, 1.54) is 0 Å². The molecule has 6 aromatic carbocycles. The van der Waals surface area contributed by atoms with Gasteiger partial charge in [0.1, 0.15) is 90.8 Å². The van der Waals surface area contributed by atoms with Crippen LogP contribution in [-0.4, -0.2) is 264 Å². The summed E-state index contributed by atoms with van der Waals surface area (Å²) in [5.74, 6) is 3.25. The Balaban J connectivity index is 0.000000804. The van der Waals surface area contributed by atoms with E-state index in [9.17, 15) is 28.8 Å². The van der Waals surface area contributed by atoms with Crippen LogP contribution < -0.4 is 62.8 Å². The smallest absolute Gasteiger partial charge is 0.341 e. The highest BCUT2D eigenvalue weighted by atomic mass is 16.6. The Morgan fingerprint density at radius 2 is 0.485 bits per heavy atom. The van der Waals surface area contributed by atoms with Gasteiger partial charge in [-0.2, -0.15) is 0 Å². The Hall–Kier alpha value is -10.5. The first-order valence-electron chi connectivity index (χ1n) is 47.5. The molecule has 6 rings (SSSR count). The van der Waals surface area contributed by atoms with Gasteiger partial charge in [-0.25, -0.2) is 28.8 Å². The van der Waals surface area contributed by atoms with Crippen LogP contribution in [0.2, 0.25) is 0 Å². The average Bonchev–Trinajstić information content (AvgIpc) is 0.863. The van der Waals surface area contributed by atoms with Crippen LogP contribution in [0, 0.1) is 35.5 Å². The minimum Gasteiger partial charge on any atom is -0.493 e. The van der Waals surface area contributed by atoms with E-state index < -0.39 is 0 Å². The first-order valence-corrected chi connectivity index (χ1v) is 47.5. The van der Waals surface area contributed by atoms with E-state index in [0.29, 0.717) is 217 Å². The van der Waals surface area contributed by atoms with E-state index >= 15 is 0 Å². The topological polar surface area (TPSA) is 389 Å². The molecule has 0 aliphatic rings. The number of nitrogens with two attached hydrogens (primary N) is 6. The van der Waals surface area contributed by atoms with Gasteiger partial charge in [0.2, 0.25) is 0 Å². The van der Waals surface area contributed by atoms with Crippen molar-refractivity contribution in [1.29, 1.82) is 0 Å². The van der Waals surface area contributed by atoms with Gasteiger partial charge in [-0.3, -0.25) is 4.90 Å². The van der Waals surface area contributed by atoms with Gasteiger partial charge < -0.3 is 116 Å². The van der Waals surface area contributed by atoms with Crippen molar-refractivity contribution in [2.45, 2.75) is 213 Å². The van der Waals surface area contributed by atoms with Crippen LogP contribution in [-0.2, 0) is 28.4 Å². The molecule has 0 saturated heterocycles. The molecule has 0 unspecified atom stereocenters. The minimum absolute atomic E-state index is 0.178. The van der Waals surface area contributed by atoms with Crippen molar-refractivity contribution in [3.63, 3.8) is 0 Å². The van der Waals surface area contributed by atoms with Gasteiger partial charge in [-0.05, 0) is 250 Å². The van der Waals surface area contributed by atoms with Gasteiger partial charge in [0.05, 0.1) is 73.4 Å². The number of benzene rings is 6. The average molecular weight is 1880 g/mol. The highest BCUT2D eigenvalue weighted by Gasteiger charge is 2.28. The number of anilines is 6. The molecule has 0 fully saturated rings. The summed E-state index contributed by atoms with van der Waals surface area (Å²) in [6, 6.07) is 31.1. The van der Waals surface area contributed by atoms with Crippen LogP contribution in [0.3, 0.4) is 0 Å². The lowest BCUT2D eigenvalue weighted by Gasteiger charge is -2.32. The van der Waals surface area contributed by atoms with Crippen molar-refractivity contribution >= 4 is 69.9 Å². The zero-order chi connectivity index (χ0) is 102. The van der Waals surface area contributed by atoms with Crippen LogP contribution in [0.1, 0.15) is 239 Å². The van der Waals surface area contributed by atoms with Crippen LogP contribution in [0.4, 0.5) is 34.1 Å². The van der Waals surface area contributed by atoms with Gasteiger partial charge in [0, 0.05) is 71.5 Å². The number of hydrogen-bond acceptors (Lipinski definition) is 30. The Morgan fingerprint density at radius 3 is 0.724 bits per heavy atom. The molecular weight excluding hydrogens is 1710 g/mol. The second-order valence-electron chi connectivity index (χ2n) is 36.0. The summed E-state index contributed by atoms with van der Waals surface area (Å²) in [5.41, 5.74) is 40.8. The number of unbranched alkanes of at least 4 members (excludes halogenated alkanes) is 2. The van der Waals surface area contributed by atoms with E-state index in [1.807, 2.05) is 98.2 Å². The van der Waals surface area contributed by atoms with Crippen LogP contribution in [0.25, 0.3) is 0 Å². The largest absolute Gasteiger partial charge is 0.493 e. The molecule has 6 aromatic rings. The quantitative estimate of drug-likeness (QED) is 0.00894. The number of carbonyl (C=O) groups excluding carboxylic acids is 6. The Kier molecular flexibility index (Phi) is 59.9. The van der Waals surface area contributed by atoms with Crippen LogP contribution in [0.5, 0.6) is 34.5 Å². The van der Waals surface area contributed by atoms with Crippen molar-refractivity contribution in [3.05, 3.63) is 143 Å². The predicted molar refractivity (Wildman–Crippen MR) is 545 cm³/mol. The first-order chi connectivity index (χ1) is 63.2. The normalized spacial score (nSPS) is 12.5. The lowest BCUT2D eigenvalue weighted by Crippen LogP contribution is -2.42. The van der Waals surface area contributed by atoms with E-state index in [1.54, 1.807) is 109 Å². The van der Waals surface area contributed by atoms with Crippen molar-refractivity contribution in [2.24, 2.45) is 35.5 Å². The van der Waals surface area contributed by atoms with E-state index in [4.69, 9.17) is 91.2 Å². The highest BCUT2D eigenvalue weighted by Crippen LogP contribution is 2.31. The molecule has 6 atom stereocenters. The maximum Gasteiger partial charge on any atom is 0.341 e. The molecule has 0 heterocycles. The number of hydrogen-bond donors (Lipinski definition) is 6. The summed E-state index contributed by atoms with van der Waals surface area (Å²) in [5, 5.41) is 0. The number of nitrogens with zero attached hydrogens (tertiary/aromatic N) is 6. The van der Waals surface area contributed by atoms with Gasteiger partial charge >= 0.3 is 35.8 Å². The van der Waals surface area contributed by atoms with Crippen LogP contribution in [0.15, 0.2) is 109 Å². The Morgan fingerprint density at radius 1 is 0.261 bits per heavy atom. The van der Waals surface area contributed by atoms with E-state index in [2.05, 4.69) is 140 Å². The number of rotatable bonds is 50. The summed E-state index contributed by atoms with van der Waals surface area (Å²) in [6.07, 6.45) is 5.70. The molecule has 0 saturated carbocycles. The Bertz CT molecular complexity index is 4310. The Labute approximate surface area is 803 Å². The number of likely N-dealkylation sites (N-methyl/N-ethyl adjacent to an activating group) is 6. The molecule has 0 amide bonds. The molecular formula is C104H172N12O18. The lowest BCUT2D eigenvalue weighted by molar-refractivity contribution is 0.0287. The summed E-state index contributed by atoms with van der Waals surface area (Å²) < 4.78 is 66.2. The maximum atomic E-state index is 12.4. The second-order valence-corrected chi connectivity index (χ2v) is 36.0. The predicted octanol–water partition coefficient (Wildman–Crippen LogP) is 17.6. The number of nitrogen functional groups attached to an aromatic ring is 6. The summed E-state index contributed by atoms with van der Waals surface area (Å²) in [7, 11) is 19.8. The zero-order valence-corrected chi connectivity index (χ0v) is 87.0. The summed E-state index contributed by atoms with van der Waals surface area (Å²) >= 11 is 0. The zero-order valence-electron chi connectivity index (χ0n) is 87.0. The third-order valence-corrected chi connectivity index (χ3v) is 22.0. The molecule has 756 valence electrons. The molecule has 12 N–H and O–H groups in total. The molecule has 0 aromatic heterocycles. The lowest BCUT2D eigenvalue weighted by atomic mass is 10.0. The highest BCUT2D eigenvalue weighted by molar-refractivity contribution is 5.95. The minimum atomic E-state index is -0.383. The molecule has 0 radical (unpaired) electrons. The molecule has 0 bridgehead atoms. The molecule has 30 heteroatoms. The first kappa shape index (κ1) is 122. The van der Waals surface area contributed by atoms with Crippen molar-refractivity contribution in [2.75, 3.05) is 197 Å². The number of carbonyl (C=O) groups is 6. The monoisotopic (exact) mass is 1880 g/mol. The molecule has 0 spiro atoms. The maximum absolute atomic E-state index is 12.4. The SMILES string of the molecule is CCCCOc1cc(C(=O)OC[C@H](C(C)C)N(C)C)ccc1N.CCCCOc1cc(N)ccc1C(=O)OC[C@H](C(C)C)N(C)C.CCCOc1cc(C(=O)OC[C@H](C(C)C)N(C)C)ccc1N.CCCOc1cc(N)ccc1C(=O)OC[C@H](C(C)C)N(C)C.CCOc1cc(C(=O)OC[C@H](C(C)C)N(CC)CC)ccc1N.CCOc1cc(N)ccc1C(=O)OC[C@H](C(C)C)N(C)C. The fourth-order valence-electron chi connectivity index (χ4n) is 13.8. The van der Waals surface area contributed by atoms with Crippen molar-refractivity contribution in [3.8, 4) is 34.5 Å². The second kappa shape index (κ2) is 66.0. The third-order valence-electron chi connectivity index (χ3n) is 22.0. The van der Waals surface area contributed by atoms with Crippen molar-refractivity contribution < 1.29 is 85.6 Å². The molecule has 0 aliphatic carbocycles. The summed E-state index contributed by atoms with van der Waals surface area (Å²) in [4.78, 5) is 86.4. The van der Waals surface area contributed by atoms with Crippen molar-refractivity contribution in [1.82, 2.24) is 29.4 Å². The van der Waals surface area contributed by atoms with Crippen LogP contribution >= 0.6 is 0 Å². The standard InChI is InChI=1S/3C18H30N2O3.2C17H28N2O3.C16H26N2O3/c1-6-7-10-22-17-11-14(19)8-9-15(17)18(21)23-12-16(13(2)3)20(4)5;1-6-7-10-22-17-11-14(8-9-15(17)19)18(21)23-12-16(13(2)3)20(4)5;1-6-20(7-2)16(13(4)5)12-23-18(21)14-9-10-15(19)17(11-14)22-8-3;1-6-9-21-16-10-13(18)7-8-14(16)17(20)22-11-15(12(2)3)19(4)5;1-6-9-21-16-10-13(7-8-14(16)18)17(20)22-11-15(12(2)3)19(4)5;1-6-20-15-9-12(17)7-8-13(15)16(19)21-10-14(11(2)3)18(4)5/h2*8-9,11,13,16H,6-7,10,12,19H2,1-5H3;9-11,13,16H,6-8,12,19H2,1-5H3;2*7-8,10,12,15H,6,9,11,18H2,1-5H3;7-9,11,14H,6,10,17H2,1-5H3/t3*16-;2*15-;14-/m111111/s1. The summed E-state index contributed by atoms with van der Waals surface area (Å²) in [6.45, 7) is 48.8. The van der Waals surface area contributed by atoms with E-state index in [0.717, 1.165) is 51.6 Å². The number of esters is 6. The molecule has 134 heavy (non-hydrogen) atoms. The van der Waals surface area contributed by atoms with Gasteiger partial charge in [-0.1, -0.05) is 137 Å². The third kappa shape index (κ3) is 45.2. The number of ether oxygens (including phenoxy) is 12. The molecule has 30 nitrogen and oxygen atoms in total.